The van der Waals surface area contributed by atoms with E-state index < -0.39 is 42.7 Å². The van der Waals surface area contributed by atoms with Crippen molar-refractivity contribution in [2.75, 3.05) is 6.61 Å². The van der Waals surface area contributed by atoms with Gasteiger partial charge in [0.25, 0.3) is 0 Å². The Morgan fingerprint density at radius 3 is 2.00 bits per heavy atom. The lowest BCUT2D eigenvalue weighted by Crippen LogP contribution is -2.60. The van der Waals surface area contributed by atoms with E-state index in [1.165, 1.54) is 0 Å². The molecule has 0 unspecified atom stereocenters. The van der Waals surface area contributed by atoms with Gasteiger partial charge in [-0.3, -0.25) is 9.59 Å². The van der Waals surface area contributed by atoms with Gasteiger partial charge in [0, 0.05) is 13.8 Å². The van der Waals surface area contributed by atoms with E-state index >= 15 is 0 Å². The van der Waals surface area contributed by atoms with Crippen molar-refractivity contribution in [3.63, 3.8) is 0 Å². The monoisotopic (exact) mass is 262 g/mol. The predicted molar refractivity (Wildman–Crippen MR) is 60.4 cm³/mol. The highest BCUT2D eigenvalue weighted by Crippen LogP contribution is 2.04. The van der Waals surface area contributed by atoms with Crippen LogP contribution in [-0.4, -0.2) is 64.3 Å². The van der Waals surface area contributed by atoms with Gasteiger partial charge in [0.2, 0.25) is 11.8 Å². The number of amides is 2. The maximum absolute atomic E-state index is 11.0. The third kappa shape index (κ3) is 5.21. The number of carbonyl (C=O) groups excluding carboxylic acids is 3. The zero-order chi connectivity index (χ0) is 14.3. The Balaban J connectivity index is 4.98. The molecule has 0 saturated heterocycles. The zero-order valence-corrected chi connectivity index (χ0v) is 10.2. The molecule has 0 saturated carbocycles. The van der Waals surface area contributed by atoms with Crippen LogP contribution in [0.5, 0.6) is 0 Å². The number of aldehydes is 1. The smallest absolute Gasteiger partial charge is 0.217 e. The summed E-state index contributed by atoms with van der Waals surface area (Å²) in [6.45, 7) is 1.57. The summed E-state index contributed by atoms with van der Waals surface area (Å²) in [4.78, 5) is 32.7. The molecule has 8 heteroatoms. The van der Waals surface area contributed by atoms with Crippen molar-refractivity contribution in [1.29, 1.82) is 0 Å². The number of nitrogens with one attached hydrogen (secondary N) is 2. The van der Waals surface area contributed by atoms with Gasteiger partial charge in [-0.05, 0) is 0 Å². The molecular weight excluding hydrogens is 244 g/mol. The van der Waals surface area contributed by atoms with E-state index in [0.29, 0.717) is 6.29 Å². The normalized spacial score (nSPS) is 17.2. The molecule has 8 nitrogen and oxygen atoms in total. The van der Waals surface area contributed by atoms with Crippen molar-refractivity contribution in [2.45, 2.75) is 38.1 Å². The molecule has 104 valence electrons. The second-order valence-corrected chi connectivity index (χ2v) is 3.83. The van der Waals surface area contributed by atoms with Gasteiger partial charge in [0.15, 0.2) is 0 Å². The second-order valence-electron chi connectivity index (χ2n) is 3.83. The molecule has 4 atom stereocenters. The quantitative estimate of drug-likeness (QED) is 0.308. The number of carbonyl (C=O) groups is 3. The van der Waals surface area contributed by atoms with E-state index in [1.807, 2.05) is 0 Å². The maximum Gasteiger partial charge on any atom is 0.217 e. The SMILES string of the molecule is CC(=O)N[C@@H]([C@H](O)[C@H](O)CO)[C@H](C=O)NC(C)=O. The average Bonchev–Trinajstić information content (AvgIpc) is 2.30. The Morgan fingerprint density at radius 1 is 1.17 bits per heavy atom. The van der Waals surface area contributed by atoms with E-state index in [2.05, 4.69) is 10.6 Å². The van der Waals surface area contributed by atoms with Gasteiger partial charge in [0.05, 0.1) is 12.6 Å². The van der Waals surface area contributed by atoms with Crippen LogP contribution in [0.1, 0.15) is 13.8 Å². The number of aliphatic hydroxyl groups is 3. The second kappa shape index (κ2) is 7.75. The fraction of sp³-hybridized carbons (Fsp3) is 0.700. The van der Waals surface area contributed by atoms with E-state index in [-0.39, 0.29) is 0 Å². The first-order valence-electron chi connectivity index (χ1n) is 5.30. The fourth-order valence-corrected chi connectivity index (χ4v) is 1.41. The summed E-state index contributed by atoms with van der Waals surface area (Å²) in [5.74, 6) is -1.09. The van der Waals surface area contributed by atoms with Crippen LogP contribution < -0.4 is 10.6 Å². The Labute approximate surface area is 104 Å². The number of hydrogen-bond donors (Lipinski definition) is 5. The van der Waals surface area contributed by atoms with Crippen molar-refractivity contribution in [2.24, 2.45) is 0 Å². The average molecular weight is 262 g/mol. The summed E-state index contributed by atoms with van der Waals surface area (Å²) in [6, 6.07) is -2.44. The van der Waals surface area contributed by atoms with E-state index in [1.54, 1.807) is 0 Å². The summed E-state index contributed by atoms with van der Waals surface area (Å²) in [5.41, 5.74) is 0. The molecule has 0 aliphatic carbocycles. The maximum atomic E-state index is 11.0. The van der Waals surface area contributed by atoms with Crippen LogP contribution in [0.15, 0.2) is 0 Å². The topological polar surface area (TPSA) is 136 Å². The molecule has 0 aromatic carbocycles. The van der Waals surface area contributed by atoms with Crippen molar-refractivity contribution in [3.8, 4) is 0 Å². The first kappa shape index (κ1) is 16.5. The van der Waals surface area contributed by atoms with Crippen molar-refractivity contribution in [3.05, 3.63) is 0 Å². The molecule has 2 amide bonds. The lowest BCUT2D eigenvalue weighted by Gasteiger charge is -2.30. The van der Waals surface area contributed by atoms with Gasteiger partial charge in [0.1, 0.15) is 24.5 Å². The molecule has 0 aromatic heterocycles. The summed E-state index contributed by atoms with van der Waals surface area (Å²) < 4.78 is 0. The van der Waals surface area contributed by atoms with Crippen LogP contribution in [-0.2, 0) is 14.4 Å². The lowest BCUT2D eigenvalue weighted by atomic mass is 9.98. The Morgan fingerprint density at radius 2 is 1.67 bits per heavy atom. The molecule has 0 aromatic rings. The largest absolute Gasteiger partial charge is 0.394 e. The Bertz CT molecular complexity index is 309. The summed E-state index contributed by atoms with van der Waals surface area (Å²) in [7, 11) is 0. The highest BCUT2D eigenvalue weighted by Gasteiger charge is 2.33. The van der Waals surface area contributed by atoms with Crippen molar-refractivity contribution < 1.29 is 29.7 Å². The Hall–Kier alpha value is -1.51. The van der Waals surface area contributed by atoms with Gasteiger partial charge in [-0.1, -0.05) is 0 Å². The molecule has 5 N–H and O–H groups in total. The molecule has 0 heterocycles. The van der Waals surface area contributed by atoms with E-state index in [9.17, 15) is 24.6 Å². The summed E-state index contributed by atoms with van der Waals surface area (Å²) >= 11 is 0. The minimum atomic E-state index is -1.60. The molecular formula is C10H18N2O6. The summed E-state index contributed by atoms with van der Waals surface area (Å²) in [5, 5.41) is 32.2. The Kier molecular flexibility index (Phi) is 7.10. The highest BCUT2D eigenvalue weighted by molar-refractivity contribution is 5.79. The minimum Gasteiger partial charge on any atom is -0.394 e. The van der Waals surface area contributed by atoms with Crippen molar-refractivity contribution >= 4 is 18.1 Å². The van der Waals surface area contributed by atoms with Crippen molar-refractivity contribution in [1.82, 2.24) is 10.6 Å². The molecule has 0 spiro atoms. The first-order valence-corrected chi connectivity index (χ1v) is 5.30. The molecule has 18 heavy (non-hydrogen) atoms. The molecule has 0 bridgehead atoms. The van der Waals surface area contributed by atoms with E-state index in [0.717, 1.165) is 13.8 Å². The molecule has 0 aliphatic rings. The first-order chi connectivity index (χ1) is 8.33. The minimum absolute atomic E-state index is 0.329. The number of aliphatic hydroxyl groups excluding tert-OH is 3. The third-order valence-electron chi connectivity index (χ3n) is 2.22. The standard InChI is InChI=1S/C10H18N2O6/c1-5(15)11-7(3-13)9(12-6(2)16)10(18)8(17)4-14/h3,7-10,14,17-18H,4H2,1-2H3,(H,11,15)(H,12,16)/t7-,8+,9+,10+/m0/s1. The van der Waals surface area contributed by atoms with Gasteiger partial charge in [-0.15, -0.1) is 0 Å². The number of hydrogen-bond acceptors (Lipinski definition) is 6. The van der Waals surface area contributed by atoms with Gasteiger partial charge < -0.3 is 30.7 Å². The van der Waals surface area contributed by atoms with Crippen LogP contribution in [0, 0.1) is 0 Å². The molecule has 0 radical (unpaired) electrons. The lowest BCUT2D eigenvalue weighted by molar-refractivity contribution is -0.127. The number of rotatable bonds is 7. The molecule has 0 fully saturated rings. The van der Waals surface area contributed by atoms with Crippen LogP contribution in [0.2, 0.25) is 0 Å². The predicted octanol–water partition coefficient (Wildman–Crippen LogP) is -3.09. The van der Waals surface area contributed by atoms with Crippen LogP contribution in [0.4, 0.5) is 0 Å². The highest BCUT2D eigenvalue weighted by atomic mass is 16.4. The van der Waals surface area contributed by atoms with Crippen LogP contribution in [0.3, 0.4) is 0 Å². The fourth-order valence-electron chi connectivity index (χ4n) is 1.41. The summed E-state index contributed by atoms with van der Waals surface area (Å²) in [6.07, 6.45) is -2.81. The van der Waals surface area contributed by atoms with Gasteiger partial charge in [-0.2, -0.15) is 0 Å². The third-order valence-corrected chi connectivity index (χ3v) is 2.22. The molecule has 0 rings (SSSR count). The molecule has 0 aliphatic heterocycles. The van der Waals surface area contributed by atoms with E-state index in [4.69, 9.17) is 5.11 Å². The zero-order valence-electron chi connectivity index (χ0n) is 10.2. The van der Waals surface area contributed by atoms with Crippen LogP contribution in [0.25, 0.3) is 0 Å². The van der Waals surface area contributed by atoms with Gasteiger partial charge >= 0.3 is 0 Å². The van der Waals surface area contributed by atoms with Crippen LogP contribution >= 0.6 is 0 Å². The van der Waals surface area contributed by atoms with Gasteiger partial charge in [-0.25, -0.2) is 0 Å².